The first-order valence-electron chi connectivity index (χ1n) is 5.92. The Balaban J connectivity index is 2.41. The molecule has 1 aromatic carbocycles. The SMILES string of the molecule is CCC1Oc2cc(CO)ccc2N(COC)C1=O. The second-order valence-corrected chi connectivity index (χ2v) is 4.16. The van der Waals surface area contributed by atoms with Gasteiger partial charge in [0.1, 0.15) is 12.5 Å². The normalized spacial score (nSPS) is 18.5. The summed E-state index contributed by atoms with van der Waals surface area (Å²) in [7, 11) is 1.55. The van der Waals surface area contributed by atoms with Crippen LogP contribution in [0.2, 0.25) is 0 Å². The second-order valence-electron chi connectivity index (χ2n) is 4.16. The van der Waals surface area contributed by atoms with E-state index in [0.29, 0.717) is 17.9 Å². The van der Waals surface area contributed by atoms with Crippen molar-refractivity contribution in [2.24, 2.45) is 0 Å². The van der Waals surface area contributed by atoms with Crippen LogP contribution in [0.25, 0.3) is 0 Å². The van der Waals surface area contributed by atoms with E-state index in [2.05, 4.69) is 0 Å². The molecule has 0 saturated heterocycles. The van der Waals surface area contributed by atoms with Crippen molar-refractivity contribution in [3.05, 3.63) is 23.8 Å². The van der Waals surface area contributed by atoms with Crippen molar-refractivity contribution in [2.75, 3.05) is 18.7 Å². The molecule has 0 aliphatic carbocycles. The summed E-state index contributed by atoms with van der Waals surface area (Å²) < 4.78 is 10.7. The van der Waals surface area contributed by atoms with E-state index in [1.807, 2.05) is 6.92 Å². The number of carbonyl (C=O) groups is 1. The van der Waals surface area contributed by atoms with Crippen molar-refractivity contribution >= 4 is 11.6 Å². The molecule has 18 heavy (non-hydrogen) atoms. The molecule has 0 bridgehead atoms. The zero-order chi connectivity index (χ0) is 13.1. The van der Waals surface area contributed by atoms with Crippen LogP contribution >= 0.6 is 0 Å². The van der Waals surface area contributed by atoms with Crippen molar-refractivity contribution in [3.8, 4) is 5.75 Å². The number of aliphatic hydroxyl groups excluding tert-OH is 1. The molecule has 0 spiro atoms. The molecule has 0 radical (unpaired) electrons. The minimum absolute atomic E-state index is 0.0499. The van der Waals surface area contributed by atoms with E-state index in [1.54, 1.807) is 30.2 Å². The number of amides is 1. The first kappa shape index (κ1) is 12.9. The Kier molecular flexibility index (Phi) is 3.84. The molecule has 2 rings (SSSR count). The highest BCUT2D eigenvalue weighted by Gasteiger charge is 2.33. The monoisotopic (exact) mass is 251 g/mol. The highest BCUT2D eigenvalue weighted by molar-refractivity contribution is 5.99. The Morgan fingerprint density at radius 2 is 2.28 bits per heavy atom. The topological polar surface area (TPSA) is 59.0 Å². The molecule has 1 atom stereocenters. The third kappa shape index (κ3) is 2.19. The molecule has 1 aliphatic heterocycles. The van der Waals surface area contributed by atoms with Crippen molar-refractivity contribution in [1.82, 2.24) is 0 Å². The van der Waals surface area contributed by atoms with Crippen LogP contribution in [-0.2, 0) is 16.1 Å². The van der Waals surface area contributed by atoms with Crippen LogP contribution in [0.4, 0.5) is 5.69 Å². The molecule has 0 saturated carbocycles. The Bertz CT molecular complexity index is 447. The lowest BCUT2D eigenvalue weighted by Gasteiger charge is -2.33. The maximum Gasteiger partial charge on any atom is 0.270 e. The molecule has 5 heteroatoms. The van der Waals surface area contributed by atoms with Gasteiger partial charge in [0.2, 0.25) is 0 Å². The van der Waals surface area contributed by atoms with Crippen molar-refractivity contribution in [1.29, 1.82) is 0 Å². The fourth-order valence-corrected chi connectivity index (χ4v) is 1.99. The van der Waals surface area contributed by atoms with E-state index in [0.717, 1.165) is 5.56 Å². The van der Waals surface area contributed by atoms with Crippen LogP contribution in [0.5, 0.6) is 5.75 Å². The summed E-state index contributed by atoms with van der Waals surface area (Å²) in [6, 6.07) is 5.29. The first-order chi connectivity index (χ1) is 8.71. The van der Waals surface area contributed by atoms with Gasteiger partial charge in [0.05, 0.1) is 12.3 Å². The highest BCUT2D eigenvalue weighted by atomic mass is 16.5. The van der Waals surface area contributed by atoms with Crippen LogP contribution in [-0.4, -0.2) is 31.0 Å². The van der Waals surface area contributed by atoms with E-state index in [1.165, 1.54) is 0 Å². The lowest BCUT2D eigenvalue weighted by Crippen LogP contribution is -2.46. The van der Waals surface area contributed by atoms with Crippen LogP contribution in [0.15, 0.2) is 18.2 Å². The Hall–Kier alpha value is -1.59. The largest absolute Gasteiger partial charge is 0.478 e. The molecule has 5 nitrogen and oxygen atoms in total. The zero-order valence-electron chi connectivity index (χ0n) is 10.5. The van der Waals surface area contributed by atoms with Crippen LogP contribution in [0.3, 0.4) is 0 Å². The fourth-order valence-electron chi connectivity index (χ4n) is 1.99. The second kappa shape index (κ2) is 5.37. The van der Waals surface area contributed by atoms with E-state index >= 15 is 0 Å². The number of benzene rings is 1. The van der Waals surface area contributed by atoms with Crippen LogP contribution in [0, 0.1) is 0 Å². The smallest absolute Gasteiger partial charge is 0.270 e. The van der Waals surface area contributed by atoms with Gasteiger partial charge in [0.15, 0.2) is 6.10 Å². The summed E-state index contributed by atoms with van der Waals surface area (Å²) in [5.74, 6) is 0.522. The Morgan fingerprint density at radius 1 is 1.50 bits per heavy atom. The standard InChI is InChI=1S/C13H17NO4/c1-3-11-13(16)14(8-17-2)10-5-4-9(7-15)6-12(10)18-11/h4-6,11,15H,3,7-8H2,1-2H3. The third-order valence-corrected chi connectivity index (χ3v) is 2.94. The maximum absolute atomic E-state index is 12.1. The molecule has 1 aromatic rings. The number of methoxy groups -OCH3 is 1. The van der Waals surface area contributed by atoms with Gasteiger partial charge in [-0.3, -0.25) is 9.69 Å². The zero-order valence-corrected chi connectivity index (χ0v) is 10.5. The summed E-state index contributed by atoms with van der Waals surface area (Å²) >= 11 is 0. The summed E-state index contributed by atoms with van der Waals surface area (Å²) in [6.45, 7) is 2.05. The van der Waals surface area contributed by atoms with E-state index in [9.17, 15) is 4.79 Å². The molecule has 0 fully saturated rings. The third-order valence-electron chi connectivity index (χ3n) is 2.94. The number of fused-ring (bicyclic) bond motifs is 1. The van der Waals surface area contributed by atoms with E-state index in [-0.39, 0.29) is 19.2 Å². The predicted molar refractivity (Wildman–Crippen MR) is 66.4 cm³/mol. The molecule has 1 aliphatic rings. The summed E-state index contributed by atoms with van der Waals surface area (Å²) in [4.78, 5) is 13.7. The number of hydrogen-bond donors (Lipinski definition) is 1. The van der Waals surface area contributed by atoms with Gasteiger partial charge in [-0.05, 0) is 24.1 Å². The molecule has 1 N–H and O–H groups in total. The number of carbonyl (C=O) groups excluding carboxylic acids is 1. The van der Waals surface area contributed by atoms with Gasteiger partial charge in [-0.15, -0.1) is 0 Å². The maximum atomic E-state index is 12.1. The molecule has 1 heterocycles. The van der Waals surface area contributed by atoms with Crippen LogP contribution in [0.1, 0.15) is 18.9 Å². The first-order valence-corrected chi connectivity index (χ1v) is 5.92. The average Bonchev–Trinajstić information content (AvgIpc) is 2.41. The van der Waals surface area contributed by atoms with Gasteiger partial charge in [0, 0.05) is 7.11 Å². The predicted octanol–water partition coefficient (Wildman–Crippen LogP) is 1.29. The van der Waals surface area contributed by atoms with Gasteiger partial charge in [-0.1, -0.05) is 13.0 Å². The molecular weight excluding hydrogens is 234 g/mol. The highest BCUT2D eigenvalue weighted by Crippen LogP contribution is 2.35. The number of rotatable bonds is 4. The number of nitrogens with zero attached hydrogens (tertiary/aromatic N) is 1. The molecule has 98 valence electrons. The van der Waals surface area contributed by atoms with Gasteiger partial charge in [-0.2, -0.15) is 0 Å². The van der Waals surface area contributed by atoms with Crippen molar-refractivity contribution < 1.29 is 19.4 Å². The quantitative estimate of drug-likeness (QED) is 0.876. The lowest BCUT2D eigenvalue weighted by molar-refractivity contribution is -0.127. The summed E-state index contributed by atoms with van der Waals surface area (Å²) in [5, 5.41) is 9.12. The molecule has 1 unspecified atom stereocenters. The van der Waals surface area contributed by atoms with E-state index < -0.39 is 6.10 Å². The number of aliphatic hydroxyl groups is 1. The molecular formula is C13H17NO4. The van der Waals surface area contributed by atoms with Gasteiger partial charge < -0.3 is 14.6 Å². The lowest BCUT2D eigenvalue weighted by atomic mass is 10.1. The number of ether oxygens (including phenoxy) is 2. The molecule has 0 aromatic heterocycles. The fraction of sp³-hybridized carbons (Fsp3) is 0.462. The minimum Gasteiger partial charge on any atom is -0.478 e. The Labute approximate surface area is 106 Å². The van der Waals surface area contributed by atoms with Crippen molar-refractivity contribution in [2.45, 2.75) is 26.1 Å². The van der Waals surface area contributed by atoms with Crippen LogP contribution < -0.4 is 9.64 Å². The molecule has 1 amide bonds. The summed E-state index contributed by atoms with van der Waals surface area (Å²) in [6.07, 6.45) is 0.114. The average molecular weight is 251 g/mol. The number of anilines is 1. The summed E-state index contributed by atoms with van der Waals surface area (Å²) in [5.41, 5.74) is 1.44. The number of hydrogen-bond acceptors (Lipinski definition) is 4. The Morgan fingerprint density at radius 3 is 2.89 bits per heavy atom. The van der Waals surface area contributed by atoms with Gasteiger partial charge in [-0.25, -0.2) is 0 Å². The van der Waals surface area contributed by atoms with Gasteiger partial charge >= 0.3 is 0 Å². The minimum atomic E-state index is -0.485. The van der Waals surface area contributed by atoms with Crippen molar-refractivity contribution in [3.63, 3.8) is 0 Å². The van der Waals surface area contributed by atoms with E-state index in [4.69, 9.17) is 14.6 Å². The van der Waals surface area contributed by atoms with Gasteiger partial charge in [0.25, 0.3) is 5.91 Å².